The molecule has 0 radical (unpaired) electrons. The van der Waals surface area contributed by atoms with Crippen LogP contribution in [0.2, 0.25) is 0 Å². The number of benzene rings is 1. The number of aliphatic hydroxyl groups excluding tert-OH is 2. The summed E-state index contributed by atoms with van der Waals surface area (Å²) >= 11 is 0. The molecule has 6 heteroatoms. The second kappa shape index (κ2) is 8.32. The Kier molecular flexibility index (Phi) is 6.15. The number of rotatable bonds is 6. The van der Waals surface area contributed by atoms with E-state index in [2.05, 4.69) is 22.5 Å². The van der Waals surface area contributed by atoms with Gasteiger partial charge >= 0.3 is 0 Å². The number of carbonyl (C=O) groups is 2. The largest absolute Gasteiger partial charge is 0.395 e. The lowest BCUT2D eigenvalue weighted by molar-refractivity contribution is -0.124. The average Bonchev–Trinajstić information content (AvgIpc) is 3.40. The van der Waals surface area contributed by atoms with Gasteiger partial charge in [0.05, 0.1) is 13.2 Å². The van der Waals surface area contributed by atoms with Gasteiger partial charge in [0.15, 0.2) is 0 Å². The fourth-order valence-electron chi connectivity index (χ4n) is 1.86. The maximum atomic E-state index is 12.1. The van der Waals surface area contributed by atoms with Gasteiger partial charge in [0.1, 0.15) is 6.04 Å². The molecule has 0 aliphatic heterocycles. The summed E-state index contributed by atoms with van der Waals surface area (Å²) in [6.07, 6.45) is 2.32. The van der Waals surface area contributed by atoms with Gasteiger partial charge in [-0.05, 0) is 37.1 Å². The quantitative estimate of drug-likeness (QED) is 0.539. The van der Waals surface area contributed by atoms with Gasteiger partial charge in [-0.2, -0.15) is 0 Å². The molecule has 1 saturated carbocycles. The van der Waals surface area contributed by atoms with Crippen molar-refractivity contribution >= 4 is 11.8 Å². The molecular weight excluding hydrogens is 296 g/mol. The molecule has 0 saturated heterocycles. The van der Waals surface area contributed by atoms with E-state index in [1.165, 1.54) is 0 Å². The van der Waals surface area contributed by atoms with E-state index < -0.39 is 24.5 Å². The second-order valence-electron chi connectivity index (χ2n) is 5.34. The van der Waals surface area contributed by atoms with E-state index in [1.54, 1.807) is 24.3 Å². The number of amides is 2. The van der Waals surface area contributed by atoms with Crippen LogP contribution in [-0.2, 0) is 4.79 Å². The van der Waals surface area contributed by atoms with Crippen LogP contribution in [-0.4, -0.2) is 47.8 Å². The third kappa shape index (κ3) is 5.40. The van der Waals surface area contributed by atoms with Gasteiger partial charge in [0.25, 0.3) is 5.91 Å². The summed E-state index contributed by atoms with van der Waals surface area (Å²) in [6, 6.07) is 5.72. The molecule has 4 N–H and O–H groups in total. The first-order valence-electron chi connectivity index (χ1n) is 7.56. The van der Waals surface area contributed by atoms with Crippen LogP contribution in [0.5, 0.6) is 0 Å². The van der Waals surface area contributed by atoms with Crippen LogP contribution in [0.1, 0.15) is 28.8 Å². The predicted octanol–water partition coefficient (Wildman–Crippen LogP) is -0.353. The SMILES string of the molecule is O=C(N[C@@H](CO)C(=O)NCCO)c1ccc(C#CC2CC2)cc1. The third-order valence-corrected chi connectivity index (χ3v) is 3.36. The van der Waals surface area contributed by atoms with E-state index in [4.69, 9.17) is 5.11 Å². The third-order valence-electron chi connectivity index (χ3n) is 3.36. The van der Waals surface area contributed by atoms with Gasteiger partial charge in [0.2, 0.25) is 5.91 Å². The minimum atomic E-state index is -1.05. The zero-order valence-corrected chi connectivity index (χ0v) is 12.7. The van der Waals surface area contributed by atoms with E-state index in [0.29, 0.717) is 11.5 Å². The number of hydrogen-bond acceptors (Lipinski definition) is 4. The summed E-state index contributed by atoms with van der Waals surface area (Å²) in [7, 11) is 0. The van der Waals surface area contributed by atoms with E-state index in [0.717, 1.165) is 18.4 Å². The van der Waals surface area contributed by atoms with Gasteiger partial charge in [-0.1, -0.05) is 11.8 Å². The lowest BCUT2D eigenvalue weighted by Gasteiger charge is -2.15. The Morgan fingerprint density at radius 1 is 1.22 bits per heavy atom. The van der Waals surface area contributed by atoms with E-state index in [9.17, 15) is 14.7 Å². The van der Waals surface area contributed by atoms with E-state index in [-0.39, 0.29) is 13.2 Å². The zero-order valence-electron chi connectivity index (χ0n) is 12.7. The van der Waals surface area contributed by atoms with Crippen molar-refractivity contribution < 1.29 is 19.8 Å². The number of hydrogen-bond donors (Lipinski definition) is 4. The molecule has 0 heterocycles. The molecule has 1 atom stereocenters. The highest BCUT2D eigenvalue weighted by atomic mass is 16.3. The average molecular weight is 316 g/mol. The molecule has 6 nitrogen and oxygen atoms in total. The summed E-state index contributed by atoms with van der Waals surface area (Å²) in [5.74, 6) is 5.72. The van der Waals surface area contributed by atoms with Crippen molar-refractivity contribution in [3.8, 4) is 11.8 Å². The van der Waals surface area contributed by atoms with Gasteiger partial charge < -0.3 is 20.8 Å². The van der Waals surface area contributed by atoms with Gasteiger partial charge in [0, 0.05) is 23.6 Å². The lowest BCUT2D eigenvalue weighted by Crippen LogP contribution is -2.49. The minimum Gasteiger partial charge on any atom is -0.395 e. The number of carbonyl (C=O) groups excluding carboxylic acids is 2. The Hall–Kier alpha value is -2.36. The molecule has 2 rings (SSSR count). The molecule has 1 aliphatic carbocycles. The molecule has 1 aromatic carbocycles. The summed E-state index contributed by atoms with van der Waals surface area (Å²) < 4.78 is 0. The molecule has 23 heavy (non-hydrogen) atoms. The molecular formula is C17H20N2O4. The van der Waals surface area contributed by atoms with Crippen LogP contribution < -0.4 is 10.6 Å². The molecule has 0 aromatic heterocycles. The maximum Gasteiger partial charge on any atom is 0.251 e. The second-order valence-corrected chi connectivity index (χ2v) is 5.34. The fourth-order valence-corrected chi connectivity index (χ4v) is 1.86. The van der Waals surface area contributed by atoms with Gasteiger partial charge in [-0.15, -0.1) is 0 Å². The molecule has 122 valence electrons. The van der Waals surface area contributed by atoms with Crippen molar-refractivity contribution in [1.29, 1.82) is 0 Å². The molecule has 0 spiro atoms. The highest BCUT2D eigenvalue weighted by molar-refractivity contribution is 5.97. The predicted molar refractivity (Wildman–Crippen MR) is 84.5 cm³/mol. The standard InChI is InChI=1S/C17H20N2O4/c20-10-9-18-17(23)15(11-21)19-16(22)14-7-5-13(6-8-14)4-3-12-1-2-12/h5-8,12,15,20-21H,1-2,9-11H2,(H,18,23)(H,19,22)/t15-/m0/s1. The summed E-state index contributed by atoms with van der Waals surface area (Å²) in [5.41, 5.74) is 1.23. The van der Waals surface area contributed by atoms with E-state index in [1.807, 2.05) is 0 Å². The minimum absolute atomic E-state index is 0.0690. The van der Waals surface area contributed by atoms with Crippen molar-refractivity contribution in [3.63, 3.8) is 0 Å². The van der Waals surface area contributed by atoms with Crippen molar-refractivity contribution in [1.82, 2.24) is 10.6 Å². The first-order valence-corrected chi connectivity index (χ1v) is 7.56. The van der Waals surface area contributed by atoms with Crippen LogP contribution in [0.15, 0.2) is 24.3 Å². The van der Waals surface area contributed by atoms with E-state index >= 15 is 0 Å². The fraction of sp³-hybridized carbons (Fsp3) is 0.412. The molecule has 1 fully saturated rings. The van der Waals surface area contributed by atoms with Crippen molar-refractivity contribution in [3.05, 3.63) is 35.4 Å². The highest BCUT2D eigenvalue weighted by Gasteiger charge is 2.20. The number of aliphatic hydroxyl groups is 2. The molecule has 0 bridgehead atoms. The molecule has 0 unspecified atom stereocenters. The normalized spacial score (nSPS) is 14.3. The van der Waals surface area contributed by atoms with Crippen LogP contribution >= 0.6 is 0 Å². The Bertz CT molecular complexity index is 612. The Morgan fingerprint density at radius 3 is 2.48 bits per heavy atom. The van der Waals surface area contributed by atoms with Gasteiger partial charge in [-0.25, -0.2) is 0 Å². The summed E-state index contributed by atoms with van der Waals surface area (Å²) in [5, 5.41) is 22.7. The van der Waals surface area contributed by atoms with Crippen LogP contribution in [0.3, 0.4) is 0 Å². The molecule has 2 amide bonds. The number of nitrogens with one attached hydrogen (secondary N) is 2. The van der Waals surface area contributed by atoms with Crippen LogP contribution in [0.4, 0.5) is 0 Å². The summed E-state index contributed by atoms with van der Waals surface area (Å²) in [6.45, 7) is -0.658. The Morgan fingerprint density at radius 2 is 1.91 bits per heavy atom. The smallest absolute Gasteiger partial charge is 0.251 e. The first kappa shape index (κ1) is 17.0. The molecule has 1 aromatic rings. The monoisotopic (exact) mass is 316 g/mol. The maximum absolute atomic E-state index is 12.1. The molecule has 1 aliphatic rings. The van der Waals surface area contributed by atoms with Crippen LogP contribution in [0, 0.1) is 17.8 Å². The van der Waals surface area contributed by atoms with Crippen molar-refractivity contribution in [2.45, 2.75) is 18.9 Å². The Balaban J connectivity index is 1.93. The summed E-state index contributed by atoms with van der Waals surface area (Å²) in [4.78, 5) is 23.8. The topological polar surface area (TPSA) is 98.7 Å². The zero-order chi connectivity index (χ0) is 16.7. The highest BCUT2D eigenvalue weighted by Crippen LogP contribution is 2.27. The Labute approximate surface area is 134 Å². The van der Waals surface area contributed by atoms with Crippen molar-refractivity contribution in [2.24, 2.45) is 5.92 Å². The first-order chi connectivity index (χ1) is 11.1. The lowest BCUT2D eigenvalue weighted by atomic mass is 10.1. The van der Waals surface area contributed by atoms with Crippen LogP contribution in [0.25, 0.3) is 0 Å². The van der Waals surface area contributed by atoms with Crippen molar-refractivity contribution in [2.75, 3.05) is 19.8 Å². The van der Waals surface area contributed by atoms with Gasteiger partial charge in [-0.3, -0.25) is 9.59 Å².